The maximum atomic E-state index is 11.5. The van der Waals surface area contributed by atoms with Crippen LogP contribution in [0.2, 0.25) is 0 Å². The Morgan fingerprint density at radius 2 is 1.56 bits per heavy atom. The normalized spacial score (nSPS) is 45.8. The Morgan fingerprint density at radius 1 is 0.875 bits per heavy atom. The van der Waals surface area contributed by atoms with Crippen molar-refractivity contribution < 1.29 is 9.53 Å². The molecule has 4 saturated carbocycles. The molecule has 0 bridgehead atoms. The van der Waals surface area contributed by atoms with Crippen molar-refractivity contribution >= 4 is 5.97 Å². The molecular formula is C30H50O2. The second kappa shape index (κ2) is 9.10. The van der Waals surface area contributed by atoms with Gasteiger partial charge in [0, 0.05) is 6.92 Å². The van der Waals surface area contributed by atoms with Crippen molar-refractivity contribution in [1.82, 2.24) is 0 Å². The van der Waals surface area contributed by atoms with Gasteiger partial charge in [0.2, 0.25) is 0 Å². The number of ether oxygens (including phenoxy) is 1. The molecule has 4 rings (SSSR count). The van der Waals surface area contributed by atoms with E-state index in [1.165, 1.54) is 44.9 Å². The van der Waals surface area contributed by atoms with Gasteiger partial charge in [0.05, 0.1) is 0 Å². The molecular weight excluding hydrogens is 392 g/mol. The molecule has 32 heavy (non-hydrogen) atoms. The van der Waals surface area contributed by atoms with Gasteiger partial charge >= 0.3 is 5.97 Å². The highest BCUT2D eigenvalue weighted by atomic mass is 16.5. The van der Waals surface area contributed by atoms with E-state index in [2.05, 4.69) is 53.7 Å². The summed E-state index contributed by atoms with van der Waals surface area (Å²) < 4.78 is 5.66. The van der Waals surface area contributed by atoms with Gasteiger partial charge in [0.25, 0.3) is 0 Å². The fraction of sp³-hybridized carbons (Fsp3) is 0.900. The number of allylic oxidation sites excluding steroid dienone is 2. The molecule has 0 aromatic carbocycles. The minimum atomic E-state index is -0.0938. The highest BCUT2D eigenvalue weighted by Crippen LogP contribution is 2.68. The van der Waals surface area contributed by atoms with Gasteiger partial charge in [-0.15, -0.1) is 0 Å². The number of fused-ring (bicyclic) bond motifs is 5. The zero-order valence-corrected chi connectivity index (χ0v) is 22.0. The van der Waals surface area contributed by atoms with Crippen molar-refractivity contribution in [3.8, 4) is 0 Å². The average Bonchev–Trinajstić information content (AvgIpc) is 3.08. The van der Waals surface area contributed by atoms with Gasteiger partial charge in [0.15, 0.2) is 0 Å². The zero-order valence-electron chi connectivity index (χ0n) is 22.0. The molecule has 4 fully saturated rings. The first-order valence-corrected chi connectivity index (χ1v) is 13.9. The minimum absolute atomic E-state index is 0.0938. The largest absolute Gasteiger partial charge is 0.463 e. The van der Waals surface area contributed by atoms with Gasteiger partial charge in [-0.1, -0.05) is 53.7 Å². The topological polar surface area (TPSA) is 26.3 Å². The zero-order chi connectivity index (χ0) is 23.3. The number of hydrogen-bond donors (Lipinski definition) is 0. The summed E-state index contributed by atoms with van der Waals surface area (Å²) in [6, 6.07) is 0. The van der Waals surface area contributed by atoms with Gasteiger partial charge < -0.3 is 4.74 Å². The lowest BCUT2D eigenvalue weighted by molar-refractivity contribution is -0.160. The monoisotopic (exact) mass is 442 g/mol. The molecule has 2 unspecified atom stereocenters. The summed E-state index contributed by atoms with van der Waals surface area (Å²) in [6.45, 7) is 16.4. The van der Waals surface area contributed by atoms with Crippen LogP contribution in [-0.2, 0) is 9.53 Å². The summed E-state index contributed by atoms with van der Waals surface area (Å²) in [5.41, 5.74) is 1.00. The Balaban J connectivity index is 1.46. The number of rotatable bonds is 5. The van der Waals surface area contributed by atoms with Gasteiger partial charge in [-0.05, 0) is 116 Å². The van der Waals surface area contributed by atoms with Crippen LogP contribution < -0.4 is 0 Å². The van der Waals surface area contributed by atoms with Gasteiger partial charge in [-0.25, -0.2) is 0 Å². The van der Waals surface area contributed by atoms with Crippen molar-refractivity contribution in [2.24, 2.45) is 58.2 Å². The van der Waals surface area contributed by atoms with Gasteiger partial charge in [-0.3, -0.25) is 4.79 Å². The molecule has 0 aromatic heterocycles. The van der Waals surface area contributed by atoms with Crippen LogP contribution in [0.5, 0.6) is 0 Å². The number of carbonyl (C=O) groups excluding carboxylic acids is 1. The van der Waals surface area contributed by atoms with E-state index in [0.29, 0.717) is 22.7 Å². The third-order valence-corrected chi connectivity index (χ3v) is 11.4. The quantitative estimate of drug-likeness (QED) is 0.318. The van der Waals surface area contributed by atoms with Crippen molar-refractivity contribution in [2.75, 3.05) is 0 Å². The molecule has 0 aliphatic heterocycles. The highest BCUT2D eigenvalue weighted by Gasteiger charge is 2.60. The second-order valence-electron chi connectivity index (χ2n) is 13.2. The number of carbonyl (C=O) groups is 1. The standard InChI is InChI=1S/C30H50O2/c1-19(2)20(3)8-9-21(4)26-12-13-27-25-11-10-23-18-24(32-22(5)31)14-16-29(23,6)28(25)15-17-30(26,27)7/h8-9,19-21,23-28H,10-18H2,1-7H3/b9-8+/t20-,21+,23?,24?,25-,26+,27-,28-,29-,30+/m0/s1. The summed E-state index contributed by atoms with van der Waals surface area (Å²) in [5, 5.41) is 0. The van der Waals surface area contributed by atoms with Crippen LogP contribution in [0.3, 0.4) is 0 Å². The van der Waals surface area contributed by atoms with E-state index in [1.54, 1.807) is 6.92 Å². The Bertz CT molecular complexity index is 710. The smallest absolute Gasteiger partial charge is 0.302 e. The summed E-state index contributed by atoms with van der Waals surface area (Å²) in [7, 11) is 0. The molecule has 2 heteroatoms. The van der Waals surface area contributed by atoms with Crippen molar-refractivity contribution in [1.29, 1.82) is 0 Å². The predicted molar refractivity (Wildman–Crippen MR) is 133 cm³/mol. The van der Waals surface area contributed by atoms with Crippen LogP contribution in [0, 0.1) is 58.2 Å². The minimum Gasteiger partial charge on any atom is -0.463 e. The molecule has 4 aliphatic rings. The SMILES string of the molecule is CC(=O)OC1CC[C@@]2(C)C(CC[C@H]3[C@@H]4CC[C@H]([C@H](C)/C=C/[C@H](C)C(C)C)[C@@]4(C)CC[C@@H]32)C1. The van der Waals surface area contributed by atoms with E-state index in [4.69, 9.17) is 4.74 Å². The molecule has 0 aromatic rings. The summed E-state index contributed by atoms with van der Waals surface area (Å²) in [5.74, 6) is 6.37. The van der Waals surface area contributed by atoms with Crippen LogP contribution >= 0.6 is 0 Å². The Morgan fingerprint density at radius 3 is 2.25 bits per heavy atom. The second-order valence-corrected chi connectivity index (χ2v) is 13.2. The summed E-state index contributed by atoms with van der Waals surface area (Å²) in [4.78, 5) is 11.5. The van der Waals surface area contributed by atoms with E-state index < -0.39 is 0 Å². The summed E-state index contributed by atoms with van der Waals surface area (Å²) in [6.07, 6.45) is 17.2. The third kappa shape index (κ3) is 4.22. The maximum Gasteiger partial charge on any atom is 0.302 e. The van der Waals surface area contributed by atoms with Crippen LogP contribution in [0.4, 0.5) is 0 Å². The third-order valence-electron chi connectivity index (χ3n) is 11.4. The molecule has 182 valence electrons. The fourth-order valence-corrected chi connectivity index (χ4v) is 9.17. The molecule has 0 heterocycles. The summed E-state index contributed by atoms with van der Waals surface area (Å²) >= 11 is 0. The van der Waals surface area contributed by atoms with Crippen LogP contribution in [0.1, 0.15) is 106 Å². The molecule has 2 nitrogen and oxygen atoms in total. The molecule has 0 saturated heterocycles. The van der Waals surface area contributed by atoms with E-state index in [-0.39, 0.29) is 12.1 Å². The predicted octanol–water partition coefficient (Wildman–Crippen LogP) is 8.06. The van der Waals surface area contributed by atoms with E-state index in [1.807, 2.05) is 0 Å². The average molecular weight is 443 g/mol. The molecule has 10 atom stereocenters. The lowest BCUT2D eigenvalue weighted by Crippen LogP contribution is -2.54. The Kier molecular flexibility index (Phi) is 6.92. The highest BCUT2D eigenvalue weighted by molar-refractivity contribution is 5.66. The van der Waals surface area contributed by atoms with Crippen LogP contribution in [-0.4, -0.2) is 12.1 Å². The lowest BCUT2D eigenvalue weighted by atomic mass is 9.44. The molecule has 4 aliphatic carbocycles. The van der Waals surface area contributed by atoms with Gasteiger partial charge in [0.1, 0.15) is 6.10 Å². The van der Waals surface area contributed by atoms with Crippen LogP contribution in [0.15, 0.2) is 12.2 Å². The first-order chi connectivity index (χ1) is 15.1. The van der Waals surface area contributed by atoms with Gasteiger partial charge in [-0.2, -0.15) is 0 Å². The molecule has 0 N–H and O–H groups in total. The first kappa shape index (κ1) is 24.3. The maximum absolute atomic E-state index is 11.5. The lowest BCUT2D eigenvalue weighted by Gasteiger charge is -2.61. The fourth-order valence-electron chi connectivity index (χ4n) is 9.17. The van der Waals surface area contributed by atoms with Crippen molar-refractivity contribution in [2.45, 2.75) is 112 Å². The van der Waals surface area contributed by atoms with Crippen molar-refractivity contribution in [3.63, 3.8) is 0 Å². The van der Waals surface area contributed by atoms with E-state index in [9.17, 15) is 4.79 Å². The van der Waals surface area contributed by atoms with E-state index in [0.717, 1.165) is 48.3 Å². The van der Waals surface area contributed by atoms with Crippen LogP contribution in [0.25, 0.3) is 0 Å². The Labute approximate surface area is 198 Å². The number of esters is 1. The van der Waals surface area contributed by atoms with E-state index >= 15 is 0 Å². The number of hydrogen-bond acceptors (Lipinski definition) is 2. The first-order valence-electron chi connectivity index (χ1n) is 13.9. The Hall–Kier alpha value is -0.790. The van der Waals surface area contributed by atoms with Crippen molar-refractivity contribution in [3.05, 3.63) is 12.2 Å². The molecule has 0 amide bonds. The molecule has 0 spiro atoms. The molecule has 0 radical (unpaired) electrons.